The van der Waals surface area contributed by atoms with Gasteiger partial charge in [0, 0.05) is 28.3 Å². The molecule has 0 saturated carbocycles. The number of amides is 1. The SMILES string of the molecule is C=CCOc1c(OC)cccc1[C@@H]1CC(=O)Nc2c1sc(C(=O)O)c2-c1ccc(F)cc1. The molecule has 3 aromatic rings. The number of ether oxygens (including phenoxy) is 2. The Labute approximate surface area is 187 Å². The highest BCUT2D eigenvalue weighted by Gasteiger charge is 2.36. The van der Waals surface area contributed by atoms with Crippen LogP contribution in [0, 0.1) is 5.82 Å². The lowest BCUT2D eigenvalue weighted by molar-refractivity contribution is -0.116. The number of nitrogens with one attached hydrogen (secondary N) is 1. The van der Waals surface area contributed by atoms with E-state index in [4.69, 9.17) is 9.47 Å². The van der Waals surface area contributed by atoms with Crippen LogP contribution >= 0.6 is 11.3 Å². The predicted octanol–water partition coefficient (Wildman–Crippen LogP) is 5.30. The van der Waals surface area contributed by atoms with Gasteiger partial charge in [-0.25, -0.2) is 9.18 Å². The van der Waals surface area contributed by atoms with E-state index in [-0.39, 0.29) is 23.8 Å². The summed E-state index contributed by atoms with van der Waals surface area (Å²) in [6.07, 6.45) is 1.72. The molecule has 0 aliphatic carbocycles. The van der Waals surface area contributed by atoms with E-state index in [1.807, 2.05) is 6.07 Å². The van der Waals surface area contributed by atoms with Crippen LogP contribution in [0.5, 0.6) is 11.5 Å². The smallest absolute Gasteiger partial charge is 0.346 e. The first-order valence-corrected chi connectivity index (χ1v) is 10.6. The van der Waals surface area contributed by atoms with Crippen molar-refractivity contribution in [2.24, 2.45) is 0 Å². The van der Waals surface area contributed by atoms with Crippen molar-refractivity contribution < 1.29 is 28.6 Å². The van der Waals surface area contributed by atoms with Gasteiger partial charge in [-0.3, -0.25) is 4.79 Å². The van der Waals surface area contributed by atoms with Crippen LogP contribution in [-0.2, 0) is 4.79 Å². The van der Waals surface area contributed by atoms with Crippen LogP contribution in [0.4, 0.5) is 10.1 Å². The highest BCUT2D eigenvalue weighted by molar-refractivity contribution is 7.15. The predicted molar refractivity (Wildman–Crippen MR) is 120 cm³/mol. The summed E-state index contributed by atoms with van der Waals surface area (Å²) in [5.74, 6) is -1.26. The molecule has 0 fully saturated rings. The fraction of sp³-hybridized carbons (Fsp3) is 0.167. The maximum absolute atomic E-state index is 13.5. The molecule has 1 amide bonds. The van der Waals surface area contributed by atoms with E-state index in [2.05, 4.69) is 11.9 Å². The first kappa shape index (κ1) is 21.6. The quantitative estimate of drug-likeness (QED) is 0.474. The fourth-order valence-corrected chi connectivity index (χ4v) is 5.08. The van der Waals surface area contributed by atoms with Gasteiger partial charge in [0.25, 0.3) is 0 Å². The van der Waals surface area contributed by atoms with Crippen LogP contribution in [0.3, 0.4) is 0 Å². The van der Waals surface area contributed by atoms with E-state index in [0.717, 1.165) is 11.3 Å². The Balaban J connectivity index is 1.93. The summed E-state index contributed by atoms with van der Waals surface area (Å²) in [6, 6.07) is 10.9. The summed E-state index contributed by atoms with van der Waals surface area (Å²) in [5.41, 5.74) is 2.02. The number of para-hydroxylation sites is 1. The van der Waals surface area contributed by atoms with Gasteiger partial charge in [-0.2, -0.15) is 0 Å². The van der Waals surface area contributed by atoms with Crippen molar-refractivity contribution in [3.8, 4) is 22.6 Å². The van der Waals surface area contributed by atoms with Gasteiger partial charge < -0.3 is 19.9 Å². The molecule has 1 atom stereocenters. The minimum Gasteiger partial charge on any atom is -0.493 e. The van der Waals surface area contributed by atoms with Crippen molar-refractivity contribution >= 4 is 28.9 Å². The number of benzene rings is 2. The van der Waals surface area contributed by atoms with Gasteiger partial charge in [0.15, 0.2) is 11.5 Å². The van der Waals surface area contributed by atoms with Crippen molar-refractivity contribution in [3.63, 3.8) is 0 Å². The van der Waals surface area contributed by atoms with Crippen molar-refractivity contribution in [3.05, 3.63) is 76.3 Å². The highest BCUT2D eigenvalue weighted by atomic mass is 32.1. The Morgan fingerprint density at radius 1 is 1.31 bits per heavy atom. The molecule has 2 aromatic carbocycles. The van der Waals surface area contributed by atoms with E-state index in [0.29, 0.717) is 38.8 Å². The molecule has 0 bridgehead atoms. The number of carbonyl (C=O) groups is 2. The summed E-state index contributed by atoms with van der Waals surface area (Å²) in [6.45, 7) is 3.92. The lowest BCUT2D eigenvalue weighted by atomic mass is 9.88. The van der Waals surface area contributed by atoms with Gasteiger partial charge in [0.1, 0.15) is 17.3 Å². The van der Waals surface area contributed by atoms with Crippen LogP contribution in [0.15, 0.2) is 55.1 Å². The lowest BCUT2D eigenvalue weighted by Gasteiger charge is -2.26. The standard InChI is InChI=1S/C24H20FNO5S/c1-3-11-31-21-15(5-4-6-17(21)30-2)16-12-18(27)26-20-19(13-7-9-14(25)10-8-13)23(24(28)29)32-22(16)20/h3-10,16H,1,11-12H2,2H3,(H,26,27)(H,28,29)/t16-/m0/s1. The van der Waals surface area contributed by atoms with Crippen LogP contribution in [0.2, 0.25) is 0 Å². The second-order valence-electron chi connectivity index (χ2n) is 7.14. The topological polar surface area (TPSA) is 84.9 Å². The Bertz CT molecular complexity index is 1200. The third kappa shape index (κ3) is 3.85. The summed E-state index contributed by atoms with van der Waals surface area (Å²) >= 11 is 1.10. The number of fused-ring (bicyclic) bond motifs is 1. The molecule has 1 aromatic heterocycles. The molecular formula is C24H20FNO5S. The Morgan fingerprint density at radius 2 is 2.06 bits per heavy atom. The van der Waals surface area contributed by atoms with Crippen molar-refractivity contribution in [2.75, 3.05) is 19.0 Å². The summed E-state index contributed by atoms with van der Waals surface area (Å²) in [4.78, 5) is 25.6. The minimum atomic E-state index is -1.12. The average Bonchev–Trinajstić information content (AvgIpc) is 3.17. The number of hydrogen-bond donors (Lipinski definition) is 2. The molecule has 2 heterocycles. The second kappa shape index (κ2) is 8.84. The number of rotatable bonds is 7. The molecule has 4 rings (SSSR count). The molecule has 0 spiro atoms. The summed E-state index contributed by atoms with van der Waals surface area (Å²) in [7, 11) is 1.53. The summed E-state index contributed by atoms with van der Waals surface area (Å²) in [5, 5.41) is 12.7. The Morgan fingerprint density at radius 3 is 2.72 bits per heavy atom. The van der Waals surface area contributed by atoms with Crippen LogP contribution < -0.4 is 14.8 Å². The van der Waals surface area contributed by atoms with E-state index >= 15 is 0 Å². The van der Waals surface area contributed by atoms with E-state index in [1.54, 1.807) is 18.2 Å². The van der Waals surface area contributed by atoms with Gasteiger partial charge in [-0.1, -0.05) is 36.9 Å². The third-order valence-electron chi connectivity index (χ3n) is 5.18. The molecule has 8 heteroatoms. The number of carboxylic acids is 1. The molecule has 1 aliphatic heterocycles. The van der Waals surface area contributed by atoms with Crippen molar-refractivity contribution in [1.82, 2.24) is 0 Å². The maximum Gasteiger partial charge on any atom is 0.346 e. The Kier molecular flexibility index (Phi) is 5.96. The highest BCUT2D eigenvalue weighted by Crippen LogP contribution is 2.51. The van der Waals surface area contributed by atoms with Crippen molar-refractivity contribution in [2.45, 2.75) is 12.3 Å². The molecule has 0 unspecified atom stereocenters. The largest absolute Gasteiger partial charge is 0.493 e. The van der Waals surface area contributed by atoms with Crippen LogP contribution in [-0.4, -0.2) is 30.7 Å². The number of thiophene rings is 1. The zero-order valence-corrected chi connectivity index (χ0v) is 18.0. The second-order valence-corrected chi connectivity index (χ2v) is 8.19. The first-order chi connectivity index (χ1) is 15.4. The van der Waals surface area contributed by atoms with E-state index in [1.165, 1.54) is 31.4 Å². The molecule has 2 N–H and O–H groups in total. The van der Waals surface area contributed by atoms with Crippen LogP contribution in [0.1, 0.15) is 32.5 Å². The fourth-order valence-electron chi connectivity index (χ4n) is 3.85. The number of hydrogen-bond acceptors (Lipinski definition) is 5. The first-order valence-electron chi connectivity index (χ1n) is 9.81. The van der Waals surface area contributed by atoms with Gasteiger partial charge >= 0.3 is 5.97 Å². The number of carboxylic acid groups (broad SMARTS) is 1. The molecule has 32 heavy (non-hydrogen) atoms. The number of methoxy groups -OCH3 is 1. The van der Waals surface area contributed by atoms with Gasteiger partial charge in [0.05, 0.1) is 12.8 Å². The van der Waals surface area contributed by atoms with Crippen molar-refractivity contribution in [1.29, 1.82) is 0 Å². The monoisotopic (exact) mass is 453 g/mol. The average molecular weight is 453 g/mol. The van der Waals surface area contributed by atoms with Crippen LogP contribution in [0.25, 0.3) is 11.1 Å². The molecule has 0 saturated heterocycles. The number of anilines is 1. The van der Waals surface area contributed by atoms with Gasteiger partial charge in [-0.05, 0) is 23.8 Å². The molecule has 164 valence electrons. The third-order valence-corrected chi connectivity index (χ3v) is 6.47. The molecular weight excluding hydrogens is 433 g/mol. The number of carbonyl (C=O) groups excluding carboxylic acids is 1. The summed E-state index contributed by atoms with van der Waals surface area (Å²) < 4.78 is 24.8. The minimum absolute atomic E-state index is 0.0743. The van der Waals surface area contributed by atoms with Gasteiger partial charge in [-0.15, -0.1) is 11.3 Å². The molecule has 0 radical (unpaired) electrons. The number of halogens is 1. The zero-order chi connectivity index (χ0) is 22.8. The number of aromatic carboxylic acids is 1. The van der Waals surface area contributed by atoms with E-state index in [9.17, 15) is 19.1 Å². The molecule has 6 nitrogen and oxygen atoms in total. The Hall–Kier alpha value is -3.65. The maximum atomic E-state index is 13.5. The molecule has 1 aliphatic rings. The lowest BCUT2D eigenvalue weighted by Crippen LogP contribution is -2.23. The zero-order valence-electron chi connectivity index (χ0n) is 17.2. The normalized spacial score (nSPS) is 14.9. The van der Waals surface area contributed by atoms with E-state index < -0.39 is 17.7 Å². The van der Waals surface area contributed by atoms with Gasteiger partial charge in [0.2, 0.25) is 5.91 Å².